The molecule has 0 radical (unpaired) electrons. The average molecular weight is 483 g/mol. The van der Waals surface area contributed by atoms with Crippen LogP contribution < -0.4 is 10.5 Å². The number of Topliss-reactive ketones (excluding diaryl/α,β-unsaturated/α-hetero) is 1. The third kappa shape index (κ3) is 4.84. The first-order chi connectivity index (χ1) is 16.3. The van der Waals surface area contributed by atoms with Crippen molar-refractivity contribution in [2.24, 2.45) is 5.73 Å². The van der Waals surface area contributed by atoms with Crippen molar-refractivity contribution in [2.75, 3.05) is 13.2 Å². The van der Waals surface area contributed by atoms with Crippen molar-refractivity contribution in [3.63, 3.8) is 0 Å². The van der Waals surface area contributed by atoms with E-state index < -0.39 is 12.0 Å². The molecule has 0 aliphatic rings. The van der Waals surface area contributed by atoms with E-state index in [4.69, 9.17) is 27.2 Å². The van der Waals surface area contributed by atoms with Gasteiger partial charge >= 0.3 is 0 Å². The van der Waals surface area contributed by atoms with Gasteiger partial charge in [0.2, 0.25) is 5.78 Å². The van der Waals surface area contributed by atoms with E-state index in [1.54, 1.807) is 47.2 Å². The molecule has 4 aromatic rings. The number of carbonyl (C=O) groups excluding carboxylic acids is 2. The Labute approximate surface area is 199 Å². The highest BCUT2D eigenvalue weighted by Crippen LogP contribution is 2.29. The number of phenolic OH excluding ortho intramolecular Hbond substituents is 1. The molecule has 0 aliphatic carbocycles. The van der Waals surface area contributed by atoms with Crippen LogP contribution in [0.15, 0.2) is 54.7 Å². The minimum absolute atomic E-state index is 0.0344. The lowest BCUT2D eigenvalue weighted by molar-refractivity contribution is 0.0849. The Morgan fingerprint density at radius 3 is 2.59 bits per heavy atom. The number of ether oxygens (including phenoxy) is 1. The summed E-state index contributed by atoms with van der Waals surface area (Å²) < 4.78 is 7.47. The number of aromatic hydroxyl groups is 1. The van der Waals surface area contributed by atoms with Crippen molar-refractivity contribution in [1.82, 2.24) is 4.57 Å². The number of aromatic nitrogens is 1. The molecule has 1 atom stereocenters. The maximum atomic E-state index is 13.1. The fourth-order valence-electron chi connectivity index (χ4n) is 3.85. The van der Waals surface area contributed by atoms with E-state index in [0.717, 1.165) is 5.39 Å². The Bertz CT molecular complexity index is 1400. The summed E-state index contributed by atoms with van der Waals surface area (Å²) in [5, 5.41) is 31.3. The van der Waals surface area contributed by atoms with Crippen molar-refractivity contribution >= 4 is 45.0 Å². The first kappa shape index (κ1) is 23.6. The van der Waals surface area contributed by atoms with Gasteiger partial charge in [0.05, 0.1) is 23.8 Å². The summed E-state index contributed by atoms with van der Waals surface area (Å²) in [6, 6.07) is 13.0. The van der Waals surface area contributed by atoms with E-state index in [-0.39, 0.29) is 42.5 Å². The second kappa shape index (κ2) is 9.72. The highest BCUT2D eigenvalue weighted by Gasteiger charge is 2.19. The number of benzene rings is 3. The molecule has 3 aromatic carbocycles. The van der Waals surface area contributed by atoms with E-state index in [1.165, 1.54) is 12.1 Å². The van der Waals surface area contributed by atoms with Crippen molar-refractivity contribution in [2.45, 2.75) is 19.1 Å². The number of primary amides is 1. The molecule has 9 heteroatoms. The van der Waals surface area contributed by atoms with Crippen LogP contribution in [0.4, 0.5) is 0 Å². The van der Waals surface area contributed by atoms with E-state index >= 15 is 0 Å². The number of aliphatic hydroxyl groups excluding tert-OH is 2. The fraction of sp³-hybridized carbons (Fsp3) is 0.200. The SMILES string of the molecule is NC(=O)c1cc2cc(Cl)ccc2cc1OCC(=O)c1cn(CCC(O)CO)c2cc(O)ccc12. The van der Waals surface area contributed by atoms with E-state index in [2.05, 4.69) is 0 Å². The Balaban J connectivity index is 1.62. The molecule has 0 saturated carbocycles. The number of nitrogens with two attached hydrogens (primary N) is 1. The number of carbonyl (C=O) groups is 2. The molecule has 1 amide bonds. The van der Waals surface area contributed by atoms with Crippen molar-refractivity contribution in [3.05, 3.63) is 70.9 Å². The molecule has 1 heterocycles. The Hall–Kier alpha value is -3.59. The second-order valence-corrected chi connectivity index (χ2v) is 8.42. The molecule has 1 aromatic heterocycles. The fourth-order valence-corrected chi connectivity index (χ4v) is 4.03. The number of rotatable bonds is 9. The number of nitrogens with zero attached hydrogens (tertiary/aromatic N) is 1. The van der Waals surface area contributed by atoms with Gasteiger partial charge in [-0.15, -0.1) is 0 Å². The first-order valence-corrected chi connectivity index (χ1v) is 10.9. The molecule has 5 N–H and O–H groups in total. The van der Waals surface area contributed by atoms with Gasteiger partial charge in [-0.3, -0.25) is 9.59 Å². The number of ketones is 1. The Morgan fingerprint density at radius 2 is 1.85 bits per heavy atom. The molecule has 0 fully saturated rings. The smallest absolute Gasteiger partial charge is 0.252 e. The molecule has 1 unspecified atom stereocenters. The monoisotopic (exact) mass is 482 g/mol. The van der Waals surface area contributed by atoms with E-state index in [9.17, 15) is 19.8 Å². The van der Waals surface area contributed by atoms with Gasteiger partial charge in [-0.1, -0.05) is 17.7 Å². The summed E-state index contributed by atoms with van der Waals surface area (Å²) >= 11 is 6.03. The number of hydrogen-bond donors (Lipinski definition) is 4. The van der Waals surface area contributed by atoms with Crippen molar-refractivity contribution < 1.29 is 29.6 Å². The van der Waals surface area contributed by atoms with Gasteiger partial charge in [0.1, 0.15) is 11.5 Å². The maximum absolute atomic E-state index is 13.1. The lowest BCUT2D eigenvalue weighted by Gasteiger charge is -2.11. The molecule has 176 valence electrons. The zero-order valence-electron chi connectivity index (χ0n) is 18.1. The number of phenols is 1. The third-order valence-corrected chi connectivity index (χ3v) is 5.84. The number of hydrogen-bond acceptors (Lipinski definition) is 6. The summed E-state index contributed by atoms with van der Waals surface area (Å²) in [7, 11) is 0. The highest BCUT2D eigenvalue weighted by atomic mass is 35.5. The van der Waals surface area contributed by atoms with Crippen LogP contribution in [0.5, 0.6) is 11.5 Å². The van der Waals surface area contributed by atoms with E-state index in [1.807, 2.05) is 0 Å². The second-order valence-electron chi connectivity index (χ2n) is 7.98. The van der Waals surface area contributed by atoms with Crippen molar-refractivity contribution in [1.29, 1.82) is 0 Å². The Kier molecular flexibility index (Phi) is 6.74. The van der Waals surface area contributed by atoms with E-state index in [0.29, 0.717) is 33.4 Å². The summed E-state index contributed by atoms with van der Waals surface area (Å²) in [6.07, 6.45) is 0.993. The van der Waals surface area contributed by atoms with Gasteiger partial charge in [-0.05, 0) is 53.6 Å². The quantitative estimate of drug-likeness (QED) is 0.270. The van der Waals surface area contributed by atoms with Gasteiger partial charge in [-0.25, -0.2) is 0 Å². The minimum atomic E-state index is -0.896. The van der Waals surface area contributed by atoms with Gasteiger partial charge in [0.15, 0.2) is 6.61 Å². The topological polar surface area (TPSA) is 135 Å². The lowest BCUT2D eigenvalue weighted by Crippen LogP contribution is -2.17. The summed E-state index contributed by atoms with van der Waals surface area (Å²) in [5.41, 5.74) is 6.62. The van der Waals surface area contributed by atoms with Gasteiger partial charge in [-0.2, -0.15) is 0 Å². The number of aryl methyl sites for hydroxylation is 1. The molecular weight excluding hydrogens is 460 g/mol. The third-order valence-electron chi connectivity index (χ3n) is 5.61. The summed E-state index contributed by atoms with van der Waals surface area (Å²) in [4.78, 5) is 25.1. The van der Waals surface area contributed by atoms with Crippen LogP contribution in [0, 0.1) is 0 Å². The minimum Gasteiger partial charge on any atom is -0.508 e. The Morgan fingerprint density at radius 1 is 1.06 bits per heavy atom. The molecule has 0 aliphatic heterocycles. The largest absolute Gasteiger partial charge is 0.508 e. The number of fused-ring (bicyclic) bond motifs is 2. The predicted molar refractivity (Wildman–Crippen MR) is 129 cm³/mol. The zero-order valence-corrected chi connectivity index (χ0v) is 18.8. The molecule has 34 heavy (non-hydrogen) atoms. The van der Waals surface area contributed by atoms with Gasteiger partial charge in [0, 0.05) is 34.8 Å². The molecule has 0 saturated heterocycles. The normalized spacial score (nSPS) is 12.2. The van der Waals surface area contributed by atoms with Crippen LogP contribution in [-0.2, 0) is 6.54 Å². The van der Waals surface area contributed by atoms with Crippen LogP contribution in [0.2, 0.25) is 5.02 Å². The number of aliphatic hydroxyl groups is 2. The molecule has 0 bridgehead atoms. The van der Waals surface area contributed by atoms with Crippen LogP contribution in [0.25, 0.3) is 21.7 Å². The molecule has 0 spiro atoms. The standard InChI is InChI=1S/C25H23ClN2O6/c26-16-2-1-14-9-24(20(25(27)33)8-15(14)7-16)34-13-23(32)21-11-28(6-5-18(31)12-29)22-10-17(30)3-4-19(21)22/h1-4,7-11,18,29-31H,5-6,12-13H2,(H2,27,33). The number of halogens is 1. The van der Waals surface area contributed by atoms with Crippen LogP contribution in [-0.4, -0.2) is 50.9 Å². The zero-order chi connectivity index (χ0) is 24.4. The van der Waals surface area contributed by atoms with Crippen LogP contribution >= 0.6 is 11.6 Å². The van der Waals surface area contributed by atoms with Crippen LogP contribution in [0.3, 0.4) is 0 Å². The maximum Gasteiger partial charge on any atom is 0.252 e. The van der Waals surface area contributed by atoms with Crippen molar-refractivity contribution in [3.8, 4) is 11.5 Å². The van der Waals surface area contributed by atoms with Gasteiger partial charge < -0.3 is 30.4 Å². The highest BCUT2D eigenvalue weighted by molar-refractivity contribution is 6.31. The molecular formula is C25H23ClN2O6. The number of amides is 1. The summed E-state index contributed by atoms with van der Waals surface area (Å²) in [5.74, 6) is -0.821. The lowest BCUT2D eigenvalue weighted by atomic mass is 10.1. The summed E-state index contributed by atoms with van der Waals surface area (Å²) in [6.45, 7) is -0.391. The molecule has 8 nitrogen and oxygen atoms in total. The van der Waals surface area contributed by atoms with Gasteiger partial charge in [0.25, 0.3) is 5.91 Å². The molecule has 4 rings (SSSR count). The average Bonchev–Trinajstić information content (AvgIpc) is 3.17. The first-order valence-electron chi connectivity index (χ1n) is 10.6. The van der Waals surface area contributed by atoms with Crippen LogP contribution in [0.1, 0.15) is 27.1 Å². The predicted octanol–water partition coefficient (Wildman–Crippen LogP) is 3.26.